The average molecular weight is 683 g/mol. The Morgan fingerprint density at radius 2 is 1.00 bits per heavy atom. The molecule has 3 aromatic carbocycles. The van der Waals surface area contributed by atoms with Crippen molar-refractivity contribution >= 4 is 35.7 Å². The Balaban J connectivity index is -0.00000111. The number of hydrogen-bond acceptors (Lipinski definition) is 11. The molecule has 0 spiro atoms. The molecule has 0 fully saturated rings. The van der Waals surface area contributed by atoms with Crippen molar-refractivity contribution in [3.05, 3.63) is 71.8 Å². The van der Waals surface area contributed by atoms with Gasteiger partial charge in [0.05, 0.1) is 24.6 Å². The first-order valence-corrected chi connectivity index (χ1v) is 11.9. The number of benzene rings is 3. The number of para-hydroxylation sites is 4. The fraction of sp³-hybridized carbons (Fsp3) is 0.241. The summed E-state index contributed by atoms with van der Waals surface area (Å²) in [6.07, 6.45) is 2.99. The summed E-state index contributed by atoms with van der Waals surface area (Å²) in [5, 5.41) is 49.6. The molecule has 0 aromatic heterocycles. The molecule has 3 rings (SSSR count). The number of carboxylic acids is 2. The third-order valence-electron chi connectivity index (χ3n) is 4.19. The van der Waals surface area contributed by atoms with Crippen molar-refractivity contribution in [1.29, 1.82) is 0 Å². The Labute approximate surface area is 271 Å². The van der Waals surface area contributed by atoms with Crippen LogP contribution in [0.2, 0.25) is 0 Å². The van der Waals surface area contributed by atoms with E-state index in [4.69, 9.17) is 34.4 Å². The first-order valence-electron chi connectivity index (χ1n) is 11.9. The molecule has 11 nitrogen and oxygen atoms in total. The normalized spacial score (nSPS) is 9.38. The molecular weight excluding hydrogens is 651 g/mol. The second-order valence-corrected chi connectivity index (χ2v) is 7.20. The summed E-state index contributed by atoms with van der Waals surface area (Å²) < 4.78 is 10.7. The number of hydrogen-bond donors (Lipinski definition) is 1. The number of aliphatic imine (C=N–C) groups is 2. The van der Waals surface area contributed by atoms with Gasteiger partial charge in [-0.15, -0.1) is 0 Å². The Morgan fingerprint density at radius 1 is 0.690 bits per heavy atom. The van der Waals surface area contributed by atoms with Gasteiger partial charge in [-0.1, -0.05) is 47.9 Å². The number of aliphatic carboxylic acids is 2. The van der Waals surface area contributed by atoms with Gasteiger partial charge in [-0.25, -0.2) is 0 Å². The van der Waals surface area contributed by atoms with Crippen molar-refractivity contribution < 1.29 is 83.6 Å². The van der Waals surface area contributed by atoms with Gasteiger partial charge in [0, 0.05) is 31.5 Å². The van der Waals surface area contributed by atoms with Crippen LogP contribution in [0.25, 0.3) is 0 Å². The molecule has 42 heavy (non-hydrogen) atoms. The molecule has 216 valence electrons. The van der Waals surface area contributed by atoms with Crippen molar-refractivity contribution in [2.45, 2.75) is 27.7 Å². The summed E-state index contributed by atoms with van der Waals surface area (Å²) in [4.78, 5) is 26.6. The molecule has 0 saturated carbocycles. The second-order valence-electron chi connectivity index (χ2n) is 7.20. The van der Waals surface area contributed by atoms with Gasteiger partial charge in [0.2, 0.25) is 0 Å². The van der Waals surface area contributed by atoms with Crippen molar-refractivity contribution in [3.63, 3.8) is 0 Å². The van der Waals surface area contributed by atoms with Crippen molar-refractivity contribution in [3.8, 4) is 23.0 Å². The third kappa shape index (κ3) is 17.2. The second kappa shape index (κ2) is 25.1. The molecule has 0 amide bonds. The summed E-state index contributed by atoms with van der Waals surface area (Å²) in [7, 11) is 1.00. The smallest absolute Gasteiger partial charge is 0.870 e. The number of rotatable bonds is 8. The SMILES string of the molecule is CC(=O)[O-].CC(=O)[O-].CCOc1cccc(C=Nc2ccccc2N=Cc2cccc(OCC)c2[O-])c1[O-].CO.[Zn+2].[Zn+2]. The van der Waals surface area contributed by atoms with Crippen molar-refractivity contribution in [1.82, 2.24) is 0 Å². The number of carbonyl (C=O) groups is 2. The average Bonchev–Trinajstić information content (AvgIpc) is 2.91. The van der Waals surface area contributed by atoms with Gasteiger partial charge in [-0.3, -0.25) is 9.98 Å². The summed E-state index contributed by atoms with van der Waals surface area (Å²) in [5.41, 5.74) is 1.99. The molecule has 0 radical (unpaired) electrons. The van der Waals surface area contributed by atoms with Crippen molar-refractivity contribution in [2.24, 2.45) is 9.98 Å². The maximum atomic E-state index is 12.4. The molecule has 0 aliphatic rings. The van der Waals surface area contributed by atoms with Crippen LogP contribution in [-0.4, -0.2) is 49.8 Å². The predicted octanol–water partition coefficient (Wildman–Crippen LogP) is 1.25. The molecule has 0 atom stereocenters. The largest absolute Gasteiger partial charge is 2.00 e. The minimum Gasteiger partial charge on any atom is -0.870 e. The minimum atomic E-state index is -1.08. The molecule has 0 aliphatic heterocycles. The fourth-order valence-corrected chi connectivity index (χ4v) is 2.77. The molecule has 1 N–H and O–H groups in total. The van der Waals surface area contributed by atoms with E-state index in [0.29, 0.717) is 47.2 Å². The Hall–Kier alpha value is -3.65. The minimum absolute atomic E-state index is 0. The summed E-state index contributed by atoms with van der Waals surface area (Å²) in [6.45, 7) is 6.43. The van der Waals surface area contributed by atoms with Gasteiger partial charge in [-0.2, -0.15) is 0 Å². The van der Waals surface area contributed by atoms with Crippen LogP contribution in [-0.2, 0) is 48.5 Å². The summed E-state index contributed by atoms with van der Waals surface area (Å²) in [5.74, 6) is -2.00. The quantitative estimate of drug-likeness (QED) is 0.269. The molecule has 0 aliphatic carbocycles. The standard InChI is InChI=1S/C24H24N2O4.2C2H4O2.CH4O.2Zn/c1-3-29-21-13-7-9-17(23(21)27)15-25-19-11-5-6-12-20(19)26-16-18-10-8-14-22(24(18)28)30-4-2;2*1-2(3)4;1-2;;/h5-16,27-28H,3-4H2,1-2H3;2*1H3,(H,3,4);2H,1H3;;/q;;;;2*+2/p-4. The number of aliphatic hydroxyl groups is 1. The summed E-state index contributed by atoms with van der Waals surface area (Å²) >= 11 is 0. The van der Waals surface area contributed by atoms with E-state index in [0.717, 1.165) is 21.0 Å². The molecular formula is C29H32N2O9Zn2. The van der Waals surface area contributed by atoms with E-state index in [2.05, 4.69) is 9.98 Å². The fourth-order valence-electron chi connectivity index (χ4n) is 2.77. The number of carboxylic acid groups (broad SMARTS) is 2. The van der Waals surface area contributed by atoms with E-state index in [-0.39, 0.29) is 50.5 Å². The molecule has 0 unspecified atom stereocenters. The van der Waals surface area contributed by atoms with Crippen LogP contribution in [0.4, 0.5) is 11.4 Å². The third-order valence-corrected chi connectivity index (χ3v) is 4.19. The first-order chi connectivity index (χ1) is 19.1. The monoisotopic (exact) mass is 680 g/mol. The maximum absolute atomic E-state index is 12.4. The molecule has 0 saturated heterocycles. The number of carbonyl (C=O) groups excluding carboxylic acids is 2. The predicted molar refractivity (Wildman–Crippen MR) is 145 cm³/mol. The Morgan fingerprint density at radius 3 is 1.29 bits per heavy atom. The zero-order chi connectivity index (χ0) is 30.5. The molecule has 0 heterocycles. The molecule has 13 heteroatoms. The van der Waals surface area contributed by atoms with Gasteiger partial charge < -0.3 is 44.6 Å². The van der Waals surface area contributed by atoms with Crippen molar-refractivity contribution in [2.75, 3.05) is 20.3 Å². The van der Waals surface area contributed by atoms with E-state index in [9.17, 15) is 10.2 Å². The molecule has 0 bridgehead atoms. The van der Waals surface area contributed by atoms with Crippen LogP contribution in [0.15, 0.2) is 70.6 Å². The van der Waals surface area contributed by atoms with Gasteiger partial charge in [0.1, 0.15) is 11.5 Å². The van der Waals surface area contributed by atoms with Crippen LogP contribution in [0.1, 0.15) is 38.8 Å². The summed E-state index contributed by atoms with van der Waals surface area (Å²) in [6, 6.07) is 17.4. The van der Waals surface area contributed by atoms with Gasteiger partial charge in [-0.05, 0) is 63.1 Å². The van der Waals surface area contributed by atoms with Crippen LogP contribution < -0.4 is 29.9 Å². The Bertz CT molecular complexity index is 1170. The van der Waals surface area contributed by atoms with E-state index >= 15 is 0 Å². The van der Waals surface area contributed by atoms with Crippen LogP contribution >= 0.6 is 0 Å². The first kappa shape index (κ1) is 42.8. The Kier molecular flexibility index (Phi) is 25.6. The van der Waals surface area contributed by atoms with Crippen LogP contribution in [0.5, 0.6) is 23.0 Å². The van der Waals surface area contributed by atoms with Crippen LogP contribution in [0, 0.1) is 0 Å². The van der Waals surface area contributed by atoms with E-state index in [1.54, 1.807) is 48.5 Å². The van der Waals surface area contributed by atoms with E-state index in [1.807, 2.05) is 26.0 Å². The molecule has 3 aromatic rings. The maximum Gasteiger partial charge on any atom is 2.00 e. The zero-order valence-corrected chi connectivity index (χ0v) is 30.3. The van der Waals surface area contributed by atoms with Crippen LogP contribution in [0.3, 0.4) is 0 Å². The van der Waals surface area contributed by atoms with Gasteiger partial charge in [0.25, 0.3) is 0 Å². The van der Waals surface area contributed by atoms with Gasteiger partial charge in [0.15, 0.2) is 0 Å². The number of aliphatic hydroxyl groups excluding tert-OH is 1. The van der Waals surface area contributed by atoms with E-state index in [1.165, 1.54) is 12.4 Å². The number of nitrogens with zero attached hydrogens (tertiary/aromatic N) is 2. The number of ether oxygens (including phenoxy) is 2. The topological polar surface area (TPSA) is 190 Å². The zero-order valence-electron chi connectivity index (χ0n) is 24.4. The van der Waals surface area contributed by atoms with E-state index < -0.39 is 11.9 Å². The van der Waals surface area contributed by atoms with Gasteiger partial charge >= 0.3 is 39.0 Å².